The first-order valence-electron chi connectivity index (χ1n) is 6.49. The fraction of sp³-hybridized carbons (Fsp3) is 0.833. The molecular formula is C12H21N3O2. The molecule has 2 fully saturated rings. The average molecular weight is 239 g/mol. The molecule has 0 spiro atoms. The van der Waals surface area contributed by atoms with Crippen LogP contribution in [-0.2, 0) is 9.59 Å². The van der Waals surface area contributed by atoms with Gasteiger partial charge in [0.25, 0.3) is 0 Å². The van der Waals surface area contributed by atoms with Gasteiger partial charge in [0.1, 0.15) is 0 Å². The molecule has 96 valence electrons. The molecular weight excluding hydrogens is 218 g/mol. The van der Waals surface area contributed by atoms with Crippen molar-refractivity contribution in [2.75, 3.05) is 26.2 Å². The van der Waals surface area contributed by atoms with Gasteiger partial charge in [0.05, 0.1) is 0 Å². The van der Waals surface area contributed by atoms with Crippen LogP contribution in [0.25, 0.3) is 0 Å². The van der Waals surface area contributed by atoms with Gasteiger partial charge in [-0.1, -0.05) is 0 Å². The lowest BCUT2D eigenvalue weighted by molar-refractivity contribution is -0.152. The van der Waals surface area contributed by atoms with Crippen LogP contribution in [-0.4, -0.2) is 53.8 Å². The first-order chi connectivity index (χ1) is 8.22. The quantitative estimate of drug-likeness (QED) is 0.701. The molecule has 2 aliphatic rings. The number of nitrogens with zero attached hydrogens (tertiary/aromatic N) is 2. The molecule has 2 heterocycles. The Hall–Kier alpha value is -0.940. The third-order valence-corrected chi connectivity index (χ3v) is 3.69. The molecule has 0 unspecified atom stereocenters. The summed E-state index contributed by atoms with van der Waals surface area (Å²) in [7, 11) is 0. The standard InChI is InChI=1S/C12H21N3O2/c13-6-9-14-7-4-10(5-8-14)15-11(16)2-1-3-12(15)17/h10H,1-9,13H2. The highest BCUT2D eigenvalue weighted by atomic mass is 16.2. The van der Waals surface area contributed by atoms with Gasteiger partial charge >= 0.3 is 0 Å². The van der Waals surface area contributed by atoms with E-state index in [1.165, 1.54) is 4.90 Å². The Labute approximate surface area is 102 Å². The van der Waals surface area contributed by atoms with Gasteiger partial charge in [-0.25, -0.2) is 0 Å². The first kappa shape index (κ1) is 12.5. The largest absolute Gasteiger partial charge is 0.329 e. The average Bonchev–Trinajstić information content (AvgIpc) is 2.31. The molecule has 2 amide bonds. The summed E-state index contributed by atoms with van der Waals surface area (Å²) in [6.07, 6.45) is 3.60. The maximum Gasteiger partial charge on any atom is 0.229 e. The molecule has 17 heavy (non-hydrogen) atoms. The Morgan fingerprint density at radius 3 is 2.24 bits per heavy atom. The summed E-state index contributed by atoms with van der Waals surface area (Å²) in [5.41, 5.74) is 5.52. The van der Waals surface area contributed by atoms with E-state index in [0.29, 0.717) is 19.4 Å². The maximum absolute atomic E-state index is 11.8. The molecule has 2 N–H and O–H groups in total. The van der Waals surface area contributed by atoms with Crippen LogP contribution >= 0.6 is 0 Å². The minimum absolute atomic E-state index is 0.0264. The van der Waals surface area contributed by atoms with Gasteiger partial charge < -0.3 is 10.6 Å². The van der Waals surface area contributed by atoms with E-state index in [1.807, 2.05) is 0 Å². The molecule has 2 aliphatic heterocycles. The van der Waals surface area contributed by atoms with Gasteiger partial charge in [-0.3, -0.25) is 14.5 Å². The number of amides is 2. The zero-order valence-corrected chi connectivity index (χ0v) is 10.2. The number of hydrogen-bond donors (Lipinski definition) is 1. The Kier molecular flexibility index (Phi) is 4.12. The van der Waals surface area contributed by atoms with Crippen molar-refractivity contribution in [1.29, 1.82) is 0 Å². The lowest BCUT2D eigenvalue weighted by Crippen LogP contribution is -2.52. The summed E-state index contributed by atoms with van der Waals surface area (Å²) in [6, 6.07) is 0.129. The monoisotopic (exact) mass is 239 g/mol. The van der Waals surface area contributed by atoms with Gasteiger partial charge in [-0.05, 0) is 19.3 Å². The van der Waals surface area contributed by atoms with Crippen LogP contribution < -0.4 is 5.73 Å². The smallest absolute Gasteiger partial charge is 0.229 e. The van der Waals surface area contributed by atoms with Crippen molar-refractivity contribution in [2.24, 2.45) is 5.73 Å². The predicted octanol–water partition coefficient (Wildman–Crippen LogP) is -0.0514. The zero-order valence-electron chi connectivity index (χ0n) is 10.2. The fourth-order valence-corrected chi connectivity index (χ4v) is 2.76. The highest BCUT2D eigenvalue weighted by molar-refractivity contribution is 5.97. The number of rotatable bonds is 3. The number of carbonyl (C=O) groups is 2. The molecule has 2 saturated heterocycles. The molecule has 2 rings (SSSR count). The summed E-state index contributed by atoms with van der Waals surface area (Å²) < 4.78 is 0. The van der Waals surface area contributed by atoms with Gasteiger partial charge in [0, 0.05) is 45.1 Å². The molecule has 5 nitrogen and oxygen atoms in total. The number of nitrogens with two attached hydrogens (primary N) is 1. The molecule has 0 bridgehead atoms. The highest BCUT2D eigenvalue weighted by Crippen LogP contribution is 2.22. The molecule has 0 aromatic carbocycles. The molecule has 0 atom stereocenters. The third kappa shape index (κ3) is 2.84. The highest BCUT2D eigenvalue weighted by Gasteiger charge is 2.34. The summed E-state index contributed by atoms with van der Waals surface area (Å²) in [4.78, 5) is 27.4. The maximum atomic E-state index is 11.8. The van der Waals surface area contributed by atoms with Gasteiger partial charge in [-0.2, -0.15) is 0 Å². The predicted molar refractivity (Wildman–Crippen MR) is 64.2 cm³/mol. The SMILES string of the molecule is NCCN1CCC(N2C(=O)CCCC2=O)CC1. The molecule has 5 heteroatoms. The van der Waals surface area contributed by atoms with E-state index in [-0.39, 0.29) is 17.9 Å². The second-order valence-electron chi connectivity index (χ2n) is 4.87. The lowest BCUT2D eigenvalue weighted by Gasteiger charge is -2.38. The van der Waals surface area contributed by atoms with Crippen LogP contribution in [0.2, 0.25) is 0 Å². The first-order valence-corrected chi connectivity index (χ1v) is 6.49. The van der Waals surface area contributed by atoms with Crippen molar-refractivity contribution < 1.29 is 9.59 Å². The van der Waals surface area contributed by atoms with Crippen LogP contribution in [0.3, 0.4) is 0 Å². The molecule has 0 aromatic rings. The Balaban J connectivity index is 1.91. The lowest BCUT2D eigenvalue weighted by atomic mass is 9.99. The molecule has 0 aromatic heterocycles. The minimum Gasteiger partial charge on any atom is -0.329 e. The van der Waals surface area contributed by atoms with Gasteiger partial charge in [0.15, 0.2) is 0 Å². The summed E-state index contributed by atoms with van der Waals surface area (Å²) in [5, 5.41) is 0. The van der Waals surface area contributed by atoms with Gasteiger partial charge in [-0.15, -0.1) is 0 Å². The summed E-state index contributed by atoms with van der Waals surface area (Å²) in [5.74, 6) is 0.0528. The van der Waals surface area contributed by atoms with E-state index >= 15 is 0 Å². The van der Waals surface area contributed by atoms with Crippen molar-refractivity contribution in [1.82, 2.24) is 9.80 Å². The van der Waals surface area contributed by atoms with Crippen molar-refractivity contribution in [3.8, 4) is 0 Å². The Bertz CT molecular complexity index is 282. The topological polar surface area (TPSA) is 66.6 Å². The van der Waals surface area contributed by atoms with Crippen LogP contribution in [0.5, 0.6) is 0 Å². The normalized spacial score (nSPS) is 24.4. The van der Waals surface area contributed by atoms with E-state index in [9.17, 15) is 9.59 Å². The van der Waals surface area contributed by atoms with E-state index in [4.69, 9.17) is 5.73 Å². The van der Waals surface area contributed by atoms with E-state index in [2.05, 4.69) is 4.90 Å². The number of piperidine rings is 2. The van der Waals surface area contributed by atoms with E-state index < -0.39 is 0 Å². The van der Waals surface area contributed by atoms with Crippen LogP contribution in [0.15, 0.2) is 0 Å². The summed E-state index contributed by atoms with van der Waals surface area (Å²) >= 11 is 0. The summed E-state index contributed by atoms with van der Waals surface area (Å²) in [6.45, 7) is 3.47. The minimum atomic E-state index is 0.0264. The third-order valence-electron chi connectivity index (χ3n) is 3.69. The van der Waals surface area contributed by atoms with Crippen molar-refractivity contribution in [3.63, 3.8) is 0 Å². The van der Waals surface area contributed by atoms with Crippen LogP contribution in [0, 0.1) is 0 Å². The van der Waals surface area contributed by atoms with Crippen LogP contribution in [0.1, 0.15) is 32.1 Å². The van der Waals surface area contributed by atoms with Crippen molar-refractivity contribution >= 4 is 11.8 Å². The van der Waals surface area contributed by atoms with Crippen molar-refractivity contribution in [3.05, 3.63) is 0 Å². The van der Waals surface area contributed by atoms with Gasteiger partial charge in [0.2, 0.25) is 11.8 Å². The number of hydrogen-bond acceptors (Lipinski definition) is 4. The second kappa shape index (κ2) is 5.60. The zero-order chi connectivity index (χ0) is 12.3. The fourth-order valence-electron chi connectivity index (χ4n) is 2.76. The van der Waals surface area contributed by atoms with E-state index in [0.717, 1.165) is 38.9 Å². The molecule has 0 radical (unpaired) electrons. The van der Waals surface area contributed by atoms with Crippen molar-refractivity contribution in [2.45, 2.75) is 38.1 Å². The number of imide groups is 1. The van der Waals surface area contributed by atoms with Crippen LogP contribution in [0.4, 0.5) is 0 Å². The van der Waals surface area contributed by atoms with E-state index in [1.54, 1.807) is 0 Å². The molecule has 0 saturated carbocycles. The second-order valence-corrected chi connectivity index (χ2v) is 4.87. The number of carbonyl (C=O) groups excluding carboxylic acids is 2. The Morgan fingerprint density at radius 2 is 1.71 bits per heavy atom. The number of likely N-dealkylation sites (tertiary alicyclic amines) is 2. The Morgan fingerprint density at radius 1 is 1.12 bits per heavy atom. The molecule has 0 aliphatic carbocycles.